The lowest BCUT2D eigenvalue weighted by molar-refractivity contribution is 0.300. The summed E-state index contributed by atoms with van der Waals surface area (Å²) in [5.41, 5.74) is 2.03. The highest BCUT2D eigenvalue weighted by atomic mass is 79.9. The fourth-order valence-electron chi connectivity index (χ4n) is 1.40. The lowest BCUT2D eigenvalue weighted by Gasteiger charge is -2.09. The Morgan fingerprint density at radius 3 is 2.94 bits per heavy atom. The quantitative estimate of drug-likeness (QED) is 0.839. The van der Waals surface area contributed by atoms with Crippen molar-refractivity contribution in [2.45, 2.75) is 13.5 Å². The Bertz CT molecular complexity index is 531. The van der Waals surface area contributed by atoms with Gasteiger partial charge in [0.1, 0.15) is 12.4 Å². The van der Waals surface area contributed by atoms with Crippen LogP contribution in [0.2, 0.25) is 5.02 Å². The second-order valence-corrected chi connectivity index (χ2v) is 4.95. The first-order chi connectivity index (χ1) is 8.16. The van der Waals surface area contributed by atoms with Crippen LogP contribution in [0.3, 0.4) is 0 Å². The van der Waals surface area contributed by atoms with Gasteiger partial charge in [0, 0.05) is 10.7 Å². The van der Waals surface area contributed by atoms with Crippen LogP contribution < -0.4 is 4.74 Å². The highest BCUT2D eigenvalue weighted by Crippen LogP contribution is 2.28. The van der Waals surface area contributed by atoms with E-state index in [9.17, 15) is 0 Å². The maximum atomic E-state index is 6.04. The minimum Gasteiger partial charge on any atom is -0.486 e. The topological polar surface area (TPSA) is 22.1 Å². The number of hydrogen-bond donors (Lipinski definition) is 0. The van der Waals surface area contributed by atoms with E-state index in [0.717, 1.165) is 15.7 Å². The van der Waals surface area contributed by atoms with E-state index < -0.39 is 0 Å². The highest BCUT2D eigenvalue weighted by molar-refractivity contribution is 9.10. The van der Waals surface area contributed by atoms with Crippen molar-refractivity contribution in [1.29, 1.82) is 0 Å². The van der Waals surface area contributed by atoms with Crippen molar-refractivity contribution in [3.05, 3.63) is 57.3 Å². The largest absolute Gasteiger partial charge is 0.486 e. The smallest absolute Gasteiger partial charge is 0.139 e. The van der Waals surface area contributed by atoms with Gasteiger partial charge in [-0.15, -0.1) is 0 Å². The van der Waals surface area contributed by atoms with Crippen LogP contribution in [0.4, 0.5) is 0 Å². The predicted octanol–water partition coefficient (Wildman–Crippen LogP) is 4.38. The Morgan fingerprint density at radius 1 is 1.35 bits per heavy atom. The van der Waals surface area contributed by atoms with E-state index in [2.05, 4.69) is 20.9 Å². The number of rotatable bonds is 3. The third-order valence-electron chi connectivity index (χ3n) is 2.38. The van der Waals surface area contributed by atoms with Gasteiger partial charge in [0.05, 0.1) is 10.7 Å². The molecule has 1 heterocycles. The number of aromatic nitrogens is 1. The van der Waals surface area contributed by atoms with Crippen molar-refractivity contribution >= 4 is 27.5 Å². The summed E-state index contributed by atoms with van der Waals surface area (Å²) in [5, 5.41) is 0.599. The summed E-state index contributed by atoms with van der Waals surface area (Å²) in [6, 6.07) is 9.44. The molecule has 1 aromatic carbocycles. The van der Waals surface area contributed by atoms with Crippen LogP contribution in [-0.4, -0.2) is 4.98 Å². The minimum atomic E-state index is 0.419. The molecule has 0 atom stereocenters. The molecule has 2 rings (SSSR count). The Labute approximate surface area is 114 Å². The van der Waals surface area contributed by atoms with Crippen LogP contribution in [0, 0.1) is 6.92 Å². The van der Waals surface area contributed by atoms with Gasteiger partial charge in [-0.25, -0.2) is 0 Å². The monoisotopic (exact) mass is 311 g/mol. The van der Waals surface area contributed by atoms with Crippen LogP contribution in [0.1, 0.15) is 11.3 Å². The van der Waals surface area contributed by atoms with E-state index in [4.69, 9.17) is 16.3 Å². The van der Waals surface area contributed by atoms with Crippen LogP contribution in [0.15, 0.2) is 41.0 Å². The van der Waals surface area contributed by atoms with Crippen molar-refractivity contribution < 1.29 is 4.74 Å². The summed E-state index contributed by atoms with van der Waals surface area (Å²) in [6.07, 6.45) is 1.76. The number of benzene rings is 1. The van der Waals surface area contributed by atoms with Gasteiger partial charge in [0.15, 0.2) is 0 Å². The maximum Gasteiger partial charge on any atom is 0.139 e. The van der Waals surface area contributed by atoms with Gasteiger partial charge in [-0.3, -0.25) is 4.98 Å². The highest BCUT2D eigenvalue weighted by Gasteiger charge is 2.04. The molecule has 0 aliphatic carbocycles. The van der Waals surface area contributed by atoms with E-state index in [-0.39, 0.29) is 0 Å². The molecule has 0 saturated heterocycles. The van der Waals surface area contributed by atoms with Crippen molar-refractivity contribution in [2.75, 3.05) is 0 Å². The normalized spacial score (nSPS) is 10.3. The first-order valence-electron chi connectivity index (χ1n) is 5.15. The number of hydrogen-bond acceptors (Lipinski definition) is 2. The molecule has 0 amide bonds. The molecule has 0 spiro atoms. The summed E-state index contributed by atoms with van der Waals surface area (Å²) in [5.74, 6) is 0.658. The predicted molar refractivity (Wildman–Crippen MR) is 72.5 cm³/mol. The number of pyridine rings is 1. The lowest BCUT2D eigenvalue weighted by atomic mass is 10.2. The second kappa shape index (κ2) is 5.52. The third-order valence-corrected chi connectivity index (χ3v) is 3.18. The average molecular weight is 313 g/mol. The van der Waals surface area contributed by atoms with E-state index in [0.29, 0.717) is 17.4 Å². The summed E-state index contributed by atoms with van der Waals surface area (Å²) < 4.78 is 6.60. The van der Waals surface area contributed by atoms with E-state index in [1.165, 1.54) is 0 Å². The molecule has 88 valence electrons. The maximum absolute atomic E-state index is 6.04. The molecule has 2 aromatic rings. The van der Waals surface area contributed by atoms with Gasteiger partial charge in [0.2, 0.25) is 0 Å². The molecular formula is C13H11BrClNO. The summed E-state index contributed by atoms with van der Waals surface area (Å²) in [6.45, 7) is 2.43. The third kappa shape index (κ3) is 3.20. The standard InChI is InChI=1S/C13H11BrClNO/c1-9-3-2-6-16-12(9)8-17-13-7-10(14)4-5-11(13)15/h2-7H,8H2,1H3. The van der Waals surface area contributed by atoms with E-state index >= 15 is 0 Å². The number of aryl methyl sites for hydroxylation is 1. The molecule has 4 heteroatoms. The fourth-order valence-corrected chi connectivity index (χ4v) is 1.92. The Balaban J connectivity index is 2.12. The van der Waals surface area contributed by atoms with Gasteiger partial charge in [-0.1, -0.05) is 33.6 Å². The van der Waals surface area contributed by atoms with Crippen molar-refractivity contribution in [3.63, 3.8) is 0 Å². The molecule has 0 fully saturated rings. The lowest BCUT2D eigenvalue weighted by Crippen LogP contribution is -2.00. The molecule has 0 aliphatic rings. The van der Waals surface area contributed by atoms with Crippen LogP contribution in [0.5, 0.6) is 5.75 Å². The molecule has 0 radical (unpaired) electrons. The number of ether oxygens (including phenoxy) is 1. The van der Waals surface area contributed by atoms with Crippen LogP contribution >= 0.6 is 27.5 Å². The molecule has 2 nitrogen and oxygen atoms in total. The molecule has 17 heavy (non-hydrogen) atoms. The molecule has 0 N–H and O–H groups in total. The molecule has 0 bridgehead atoms. The number of halogens is 2. The first-order valence-corrected chi connectivity index (χ1v) is 6.32. The average Bonchev–Trinajstić information content (AvgIpc) is 2.32. The Morgan fingerprint density at radius 2 is 2.18 bits per heavy atom. The molecule has 0 unspecified atom stereocenters. The number of nitrogens with zero attached hydrogens (tertiary/aromatic N) is 1. The van der Waals surface area contributed by atoms with Gasteiger partial charge < -0.3 is 4.74 Å². The van der Waals surface area contributed by atoms with E-state index in [1.807, 2.05) is 31.2 Å². The first kappa shape index (κ1) is 12.4. The zero-order chi connectivity index (χ0) is 12.3. The molecule has 1 aromatic heterocycles. The van der Waals surface area contributed by atoms with E-state index in [1.54, 1.807) is 12.3 Å². The van der Waals surface area contributed by atoms with Gasteiger partial charge in [-0.2, -0.15) is 0 Å². The zero-order valence-corrected chi connectivity index (χ0v) is 11.6. The molecule has 0 saturated carbocycles. The van der Waals surface area contributed by atoms with Crippen molar-refractivity contribution in [1.82, 2.24) is 4.98 Å². The molecular weight excluding hydrogens is 302 g/mol. The van der Waals surface area contributed by atoms with Gasteiger partial charge in [-0.05, 0) is 36.8 Å². The zero-order valence-electron chi connectivity index (χ0n) is 9.28. The summed E-state index contributed by atoms with van der Waals surface area (Å²) in [7, 11) is 0. The van der Waals surface area contributed by atoms with Crippen LogP contribution in [-0.2, 0) is 6.61 Å². The van der Waals surface area contributed by atoms with Crippen molar-refractivity contribution in [2.24, 2.45) is 0 Å². The minimum absolute atomic E-state index is 0.419. The SMILES string of the molecule is Cc1cccnc1COc1cc(Br)ccc1Cl. The van der Waals surface area contributed by atoms with Gasteiger partial charge in [0.25, 0.3) is 0 Å². The second-order valence-electron chi connectivity index (χ2n) is 3.63. The summed E-state index contributed by atoms with van der Waals surface area (Å²) >= 11 is 9.42. The van der Waals surface area contributed by atoms with Gasteiger partial charge >= 0.3 is 0 Å². The fraction of sp³-hybridized carbons (Fsp3) is 0.154. The van der Waals surface area contributed by atoms with Crippen molar-refractivity contribution in [3.8, 4) is 5.75 Å². The molecule has 0 aliphatic heterocycles. The van der Waals surface area contributed by atoms with Crippen LogP contribution in [0.25, 0.3) is 0 Å². The Kier molecular flexibility index (Phi) is 4.02. The Hall–Kier alpha value is -1.06. The summed E-state index contributed by atoms with van der Waals surface area (Å²) in [4.78, 5) is 4.27.